The van der Waals surface area contributed by atoms with Crippen LogP contribution in [0.1, 0.15) is 21.5 Å². The Labute approximate surface area is 140 Å². The Kier molecular flexibility index (Phi) is 6.28. The summed E-state index contributed by atoms with van der Waals surface area (Å²) in [5.41, 5.74) is 8.49. The summed E-state index contributed by atoms with van der Waals surface area (Å²) >= 11 is 0. The number of nitrogens with two attached hydrogens (primary N) is 1. The van der Waals surface area contributed by atoms with Crippen molar-refractivity contribution in [2.75, 3.05) is 31.4 Å². The molecule has 0 aliphatic rings. The van der Waals surface area contributed by atoms with Gasteiger partial charge in [-0.05, 0) is 42.8 Å². The van der Waals surface area contributed by atoms with E-state index in [0.29, 0.717) is 35.7 Å². The molecule has 6 heteroatoms. The van der Waals surface area contributed by atoms with Gasteiger partial charge in [0.1, 0.15) is 5.82 Å². The van der Waals surface area contributed by atoms with Crippen molar-refractivity contribution in [3.05, 3.63) is 58.9 Å². The van der Waals surface area contributed by atoms with Gasteiger partial charge in [0, 0.05) is 29.6 Å². The van der Waals surface area contributed by atoms with Crippen LogP contribution in [-0.4, -0.2) is 26.2 Å². The Morgan fingerprint density at radius 3 is 2.75 bits per heavy atom. The predicted molar refractivity (Wildman–Crippen MR) is 91.5 cm³/mol. The third-order valence-electron chi connectivity index (χ3n) is 3.51. The minimum Gasteiger partial charge on any atom is -0.399 e. The maximum Gasteiger partial charge on any atom is 0.255 e. The van der Waals surface area contributed by atoms with Crippen molar-refractivity contribution in [2.45, 2.75) is 13.5 Å². The van der Waals surface area contributed by atoms with Crippen LogP contribution in [0.3, 0.4) is 0 Å². The molecule has 3 N–H and O–H groups in total. The summed E-state index contributed by atoms with van der Waals surface area (Å²) < 4.78 is 24.0. The van der Waals surface area contributed by atoms with Gasteiger partial charge in [0.25, 0.3) is 5.91 Å². The Balaban J connectivity index is 2.10. The summed E-state index contributed by atoms with van der Waals surface area (Å²) in [6, 6.07) is 9.45. The minimum atomic E-state index is -0.413. The van der Waals surface area contributed by atoms with Crippen LogP contribution in [-0.2, 0) is 16.1 Å². The largest absolute Gasteiger partial charge is 0.399 e. The molecule has 0 aromatic heterocycles. The van der Waals surface area contributed by atoms with E-state index in [9.17, 15) is 9.18 Å². The average molecular weight is 332 g/mol. The Morgan fingerprint density at radius 2 is 2.00 bits per heavy atom. The molecule has 1 amide bonds. The van der Waals surface area contributed by atoms with Crippen molar-refractivity contribution in [3.8, 4) is 0 Å². The van der Waals surface area contributed by atoms with E-state index >= 15 is 0 Å². The van der Waals surface area contributed by atoms with Crippen LogP contribution in [0, 0.1) is 12.7 Å². The monoisotopic (exact) mass is 332 g/mol. The fourth-order valence-electron chi connectivity index (χ4n) is 2.12. The van der Waals surface area contributed by atoms with Crippen LogP contribution in [0.25, 0.3) is 0 Å². The van der Waals surface area contributed by atoms with Crippen LogP contribution in [0.4, 0.5) is 15.8 Å². The number of carbonyl (C=O) groups excluding carboxylic acids is 1. The van der Waals surface area contributed by atoms with E-state index < -0.39 is 5.82 Å². The molecule has 2 aromatic rings. The van der Waals surface area contributed by atoms with Gasteiger partial charge in [0.2, 0.25) is 0 Å². The number of benzene rings is 2. The summed E-state index contributed by atoms with van der Waals surface area (Å²) in [5, 5.41) is 2.79. The molecule has 0 aliphatic heterocycles. The number of halogens is 1. The van der Waals surface area contributed by atoms with Gasteiger partial charge in [-0.3, -0.25) is 4.79 Å². The first-order valence-electron chi connectivity index (χ1n) is 7.54. The van der Waals surface area contributed by atoms with Gasteiger partial charge >= 0.3 is 0 Å². The number of hydrogen-bond acceptors (Lipinski definition) is 4. The third kappa shape index (κ3) is 4.78. The molecule has 0 saturated carbocycles. The number of methoxy groups -OCH3 is 1. The number of amides is 1. The zero-order chi connectivity index (χ0) is 17.5. The molecule has 0 atom stereocenters. The molecule has 0 bridgehead atoms. The van der Waals surface area contributed by atoms with Crippen molar-refractivity contribution in [1.82, 2.24) is 0 Å². The Bertz CT molecular complexity index is 719. The molecule has 2 aromatic carbocycles. The van der Waals surface area contributed by atoms with Crippen molar-refractivity contribution in [3.63, 3.8) is 0 Å². The zero-order valence-corrected chi connectivity index (χ0v) is 13.8. The normalized spacial score (nSPS) is 10.6. The second-order valence-electron chi connectivity index (χ2n) is 5.38. The van der Waals surface area contributed by atoms with Gasteiger partial charge in [-0.25, -0.2) is 4.39 Å². The molecule has 5 nitrogen and oxygen atoms in total. The highest BCUT2D eigenvalue weighted by atomic mass is 19.1. The Hall–Kier alpha value is -2.44. The van der Waals surface area contributed by atoms with E-state index in [1.807, 2.05) is 13.0 Å². The first-order chi connectivity index (χ1) is 11.5. The van der Waals surface area contributed by atoms with Crippen molar-refractivity contribution >= 4 is 17.3 Å². The molecule has 2 rings (SSSR count). The van der Waals surface area contributed by atoms with Gasteiger partial charge < -0.3 is 20.5 Å². The van der Waals surface area contributed by atoms with Crippen LogP contribution >= 0.6 is 0 Å². The highest BCUT2D eigenvalue weighted by Gasteiger charge is 2.11. The van der Waals surface area contributed by atoms with Crippen molar-refractivity contribution in [1.29, 1.82) is 0 Å². The second-order valence-corrected chi connectivity index (χ2v) is 5.38. The molecule has 0 unspecified atom stereocenters. The van der Waals surface area contributed by atoms with Gasteiger partial charge in [0.15, 0.2) is 0 Å². The second kappa shape index (κ2) is 8.42. The molecule has 0 radical (unpaired) electrons. The molecule has 24 heavy (non-hydrogen) atoms. The lowest BCUT2D eigenvalue weighted by Gasteiger charge is -2.11. The number of anilines is 2. The van der Waals surface area contributed by atoms with Crippen LogP contribution in [0.5, 0.6) is 0 Å². The first-order valence-corrected chi connectivity index (χ1v) is 7.54. The summed E-state index contributed by atoms with van der Waals surface area (Å²) in [6.07, 6.45) is 0. The quantitative estimate of drug-likeness (QED) is 0.603. The number of hydrogen-bond donors (Lipinski definition) is 2. The minimum absolute atomic E-state index is 0.0770. The number of rotatable bonds is 7. The Morgan fingerprint density at radius 1 is 1.21 bits per heavy atom. The highest BCUT2D eigenvalue weighted by molar-refractivity contribution is 6.05. The van der Waals surface area contributed by atoms with Crippen LogP contribution in [0.2, 0.25) is 0 Å². The average Bonchev–Trinajstić information content (AvgIpc) is 2.56. The van der Waals surface area contributed by atoms with E-state index in [0.717, 1.165) is 5.56 Å². The highest BCUT2D eigenvalue weighted by Crippen LogP contribution is 2.20. The van der Waals surface area contributed by atoms with Crippen LogP contribution in [0.15, 0.2) is 36.4 Å². The van der Waals surface area contributed by atoms with Gasteiger partial charge in [0.05, 0.1) is 19.8 Å². The molecular formula is C18H21FN2O3. The van der Waals surface area contributed by atoms with Gasteiger partial charge in [-0.2, -0.15) is 0 Å². The SMILES string of the molecule is COCCOCc1cc(C(=O)Nc2cc(N)ccc2C)ccc1F. The molecule has 0 fully saturated rings. The molecule has 128 valence electrons. The fourth-order valence-corrected chi connectivity index (χ4v) is 2.12. The fraction of sp³-hybridized carbons (Fsp3) is 0.278. The number of nitrogen functional groups attached to an aromatic ring is 1. The topological polar surface area (TPSA) is 73.6 Å². The molecular weight excluding hydrogens is 311 g/mol. The molecule has 0 saturated heterocycles. The lowest BCUT2D eigenvalue weighted by atomic mass is 10.1. The number of nitrogens with one attached hydrogen (secondary N) is 1. The number of ether oxygens (including phenoxy) is 2. The standard InChI is InChI=1S/C18H21FN2O3/c1-12-3-5-15(20)10-17(12)21-18(22)13-4-6-16(19)14(9-13)11-24-8-7-23-2/h3-6,9-10H,7-8,11,20H2,1-2H3,(H,21,22). The van der Waals surface area contributed by atoms with E-state index in [-0.39, 0.29) is 12.5 Å². The molecule has 0 spiro atoms. The number of aryl methyl sites for hydroxylation is 1. The maximum atomic E-state index is 13.8. The predicted octanol–water partition coefficient (Wildman–Crippen LogP) is 3.13. The zero-order valence-electron chi connectivity index (χ0n) is 13.8. The molecule has 0 aliphatic carbocycles. The van der Waals surface area contributed by atoms with Crippen LogP contribution < -0.4 is 11.1 Å². The summed E-state index contributed by atoms with van der Waals surface area (Å²) in [5.74, 6) is -0.744. The van der Waals surface area contributed by atoms with Crippen molar-refractivity contribution in [2.24, 2.45) is 0 Å². The van der Waals surface area contributed by atoms with Crippen molar-refractivity contribution < 1.29 is 18.7 Å². The van der Waals surface area contributed by atoms with Gasteiger partial charge in [-0.1, -0.05) is 6.07 Å². The van der Waals surface area contributed by atoms with E-state index in [4.69, 9.17) is 15.2 Å². The van der Waals surface area contributed by atoms with Gasteiger partial charge in [-0.15, -0.1) is 0 Å². The maximum absolute atomic E-state index is 13.8. The number of carbonyl (C=O) groups is 1. The smallest absolute Gasteiger partial charge is 0.255 e. The summed E-state index contributed by atoms with van der Waals surface area (Å²) in [6.45, 7) is 2.73. The third-order valence-corrected chi connectivity index (χ3v) is 3.51. The molecule has 0 heterocycles. The first kappa shape index (κ1) is 17.9. The van der Waals surface area contributed by atoms with E-state index in [2.05, 4.69) is 5.32 Å². The summed E-state index contributed by atoms with van der Waals surface area (Å²) in [4.78, 5) is 12.4. The lowest BCUT2D eigenvalue weighted by Crippen LogP contribution is -2.14. The van der Waals surface area contributed by atoms with E-state index in [1.165, 1.54) is 18.2 Å². The summed E-state index contributed by atoms with van der Waals surface area (Å²) in [7, 11) is 1.56. The van der Waals surface area contributed by atoms with E-state index in [1.54, 1.807) is 19.2 Å². The lowest BCUT2D eigenvalue weighted by molar-refractivity contribution is 0.0604.